The van der Waals surface area contributed by atoms with Crippen LogP contribution < -0.4 is 0 Å². The van der Waals surface area contributed by atoms with Gasteiger partial charge in [0.1, 0.15) is 48.8 Å². The molecule has 11 atom stereocenters. The number of rotatable bonds is 10. The third kappa shape index (κ3) is 6.24. The molecule has 0 aliphatic carbocycles. The fourth-order valence-corrected chi connectivity index (χ4v) is 6.15. The Bertz CT molecular complexity index is 1080. The summed E-state index contributed by atoms with van der Waals surface area (Å²) in [5, 5.41) is 0. The van der Waals surface area contributed by atoms with Gasteiger partial charge in [0, 0.05) is 5.56 Å². The van der Waals surface area contributed by atoms with Crippen LogP contribution in [0.2, 0.25) is 0 Å². The summed E-state index contributed by atoms with van der Waals surface area (Å²) < 4.78 is 69.2. The number of fused-ring (bicyclic) bond motifs is 2. The highest BCUT2D eigenvalue weighted by Crippen LogP contribution is 2.44. The second-order valence-electron chi connectivity index (χ2n) is 11.9. The van der Waals surface area contributed by atoms with Gasteiger partial charge in [-0.05, 0) is 27.7 Å². The van der Waals surface area contributed by atoms with Gasteiger partial charge in [-0.15, -0.1) is 13.2 Å². The smallest absolute Gasteiger partial charge is 0.190 e. The van der Waals surface area contributed by atoms with Crippen LogP contribution in [0.25, 0.3) is 0 Å². The molecular formula is C31H42O11. The Kier molecular flexibility index (Phi) is 8.90. The van der Waals surface area contributed by atoms with Crippen molar-refractivity contribution in [3.05, 3.63) is 61.2 Å². The third-order valence-electron chi connectivity index (χ3n) is 7.88. The number of ether oxygens (including phenoxy) is 11. The largest absolute Gasteiger partial charge is 0.368 e. The van der Waals surface area contributed by atoms with Gasteiger partial charge in [0.15, 0.2) is 30.4 Å². The highest BCUT2D eigenvalue weighted by molar-refractivity contribution is 5.17. The first kappa shape index (κ1) is 30.3. The van der Waals surface area contributed by atoms with Crippen LogP contribution in [0.5, 0.6) is 0 Å². The lowest BCUT2D eigenvalue weighted by Crippen LogP contribution is -2.64. The third-order valence-corrected chi connectivity index (χ3v) is 7.88. The lowest BCUT2D eigenvalue weighted by atomic mass is 9.96. The second-order valence-corrected chi connectivity index (χ2v) is 11.9. The van der Waals surface area contributed by atoms with Crippen molar-refractivity contribution in [2.45, 2.75) is 107 Å². The van der Waals surface area contributed by atoms with Crippen molar-refractivity contribution >= 4 is 0 Å². The summed E-state index contributed by atoms with van der Waals surface area (Å²) in [6, 6.07) is 9.76. The van der Waals surface area contributed by atoms with E-state index in [9.17, 15) is 0 Å². The molecule has 6 rings (SSSR count). The van der Waals surface area contributed by atoms with Crippen LogP contribution in [0.4, 0.5) is 0 Å². The predicted octanol–water partition coefficient (Wildman–Crippen LogP) is 3.38. The van der Waals surface area contributed by atoms with Gasteiger partial charge in [0.2, 0.25) is 0 Å². The van der Waals surface area contributed by atoms with Crippen LogP contribution in [-0.2, 0) is 52.1 Å². The van der Waals surface area contributed by atoms with E-state index in [2.05, 4.69) is 13.2 Å². The molecule has 1 aromatic carbocycles. The van der Waals surface area contributed by atoms with E-state index in [1.165, 1.54) is 0 Å². The Hall–Kier alpha value is -1.74. The van der Waals surface area contributed by atoms with Gasteiger partial charge in [-0.2, -0.15) is 0 Å². The van der Waals surface area contributed by atoms with Gasteiger partial charge in [-0.1, -0.05) is 42.5 Å². The van der Waals surface area contributed by atoms with Crippen LogP contribution in [0.3, 0.4) is 0 Å². The van der Waals surface area contributed by atoms with E-state index in [-0.39, 0.29) is 19.8 Å². The maximum Gasteiger partial charge on any atom is 0.190 e. The molecule has 1 aromatic rings. The minimum atomic E-state index is -0.890. The van der Waals surface area contributed by atoms with Crippen LogP contribution in [0.1, 0.15) is 39.5 Å². The second kappa shape index (κ2) is 12.3. The molecule has 5 heterocycles. The molecule has 0 radical (unpaired) electrons. The van der Waals surface area contributed by atoms with Crippen LogP contribution in [-0.4, -0.2) is 99.4 Å². The molecule has 0 amide bonds. The van der Waals surface area contributed by atoms with Crippen LogP contribution in [0.15, 0.2) is 55.6 Å². The van der Waals surface area contributed by atoms with Crippen molar-refractivity contribution in [1.82, 2.24) is 0 Å². The van der Waals surface area contributed by atoms with Gasteiger partial charge in [-0.25, -0.2) is 0 Å². The molecule has 232 valence electrons. The van der Waals surface area contributed by atoms with Crippen molar-refractivity contribution in [2.24, 2.45) is 0 Å². The van der Waals surface area contributed by atoms with E-state index in [1.54, 1.807) is 12.2 Å². The van der Waals surface area contributed by atoms with Crippen molar-refractivity contribution in [3.63, 3.8) is 0 Å². The summed E-state index contributed by atoms with van der Waals surface area (Å²) in [4.78, 5) is 0. The first-order valence-electron chi connectivity index (χ1n) is 14.6. The molecule has 0 bridgehead atoms. The molecule has 5 aliphatic heterocycles. The zero-order valence-corrected chi connectivity index (χ0v) is 24.6. The molecule has 11 nitrogen and oxygen atoms in total. The van der Waals surface area contributed by atoms with E-state index in [4.69, 9.17) is 52.1 Å². The minimum Gasteiger partial charge on any atom is -0.368 e. The summed E-state index contributed by atoms with van der Waals surface area (Å²) in [5.74, 6) is -1.60. The van der Waals surface area contributed by atoms with Crippen LogP contribution in [0, 0.1) is 0 Å². The first-order chi connectivity index (χ1) is 20.2. The molecule has 42 heavy (non-hydrogen) atoms. The van der Waals surface area contributed by atoms with Gasteiger partial charge < -0.3 is 52.1 Å². The summed E-state index contributed by atoms with van der Waals surface area (Å²) in [5.41, 5.74) is 0.903. The zero-order valence-electron chi connectivity index (χ0n) is 24.6. The lowest BCUT2D eigenvalue weighted by Gasteiger charge is -2.49. The fourth-order valence-electron chi connectivity index (χ4n) is 6.15. The lowest BCUT2D eigenvalue weighted by molar-refractivity contribution is -0.378. The number of benzene rings is 1. The summed E-state index contributed by atoms with van der Waals surface area (Å²) >= 11 is 0. The van der Waals surface area contributed by atoms with Crippen molar-refractivity contribution < 1.29 is 52.1 Å². The molecule has 0 saturated carbocycles. The van der Waals surface area contributed by atoms with Crippen molar-refractivity contribution in [2.75, 3.05) is 26.4 Å². The minimum absolute atomic E-state index is 0.245. The Labute approximate surface area is 246 Å². The Morgan fingerprint density at radius 1 is 0.762 bits per heavy atom. The fraction of sp³-hybridized carbons (Fsp3) is 0.677. The quantitative estimate of drug-likeness (QED) is 0.375. The molecule has 0 aromatic heterocycles. The molecule has 0 spiro atoms. The Morgan fingerprint density at radius 3 is 2.17 bits per heavy atom. The SMILES string of the molecule is C=CCO[C@@H]1[C@H](OCC=C)[C@@H](O[C@@H]2[C@H]3OC(C)(C)O[C@H]3O[C@@H]2[C@H]2COC(C)(C)O2)O[C@@H]2CO[C@@H](c3ccccc3)O[C@@H]12. The number of hydrogen-bond acceptors (Lipinski definition) is 11. The molecular weight excluding hydrogens is 548 g/mol. The maximum atomic E-state index is 6.77. The Balaban J connectivity index is 1.27. The van der Waals surface area contributed by atoms with Gasteiger partial charge in [-0.3, -0.25) is 0 Å². The first-order valence-corrected chi connectivity index (χ1v) is 14.6. The van der Waals surface area contributed by atoms with E-state index in [0.717, 1.165) is 5.56 Å². The van der Waals surface area contributed by atoms with Crippen LogP contribution >= 0.6 is 0 Å². The molecule has 5 fully saturated rings. The maximum absolute atomic E-state index is 6.77. The highest BCUT2D eigenvalue weighted by Gasteiger charge is 2.61. The topological polar surface area (TPSA) is 102 Å². The molecule has 0 N–H and O–H groups in total. The van der Waals surface area contributed by atoms with Gasteiger partial charge >= 0.3 is 0 Å². The molecule has 5 aliphatic rings. The zero-order chi connectivity index (χ0) is 29.5. The summed E-state index contributed by atoms with van der Waals surface area (Å²) in [6.45, 7) is 16.2. The van der Waals surface area contributed by atoms with E-state index in [0.29, 0.717) is 6.61 Å². The van der Waals surface area contributed by atoms with Gasteiger partial charge in [0.05, 0.1) is 26.4 Å². The van der Waals surface area contributed by atoms with E-state index in [1.807, 2.05) is 58.0 Å². The molecule has 5 saturated heterocycles. The standard InChI is InChI=1S/C31H42O11/c1-7-14-32-23-21-19(16-34-27(37-21)18-12-10-9-11-13-18)36-28(25(23)33-15-8-2)39-24-22(20-17-35-30(3,4)40-20)38-29-26(24)41-31(5,6)42-29/h7-13,19-29H,1-2,14-17H2,3-6H3/t19-,20-,21-,22-,23+,24+,25+,26-,27-,28-,29-/m1/s1. The molecule has 11 heteroatoms. The average molecular weight is 591 g/mol. The van der Waals surface area contributed by atoms with Crippen molar-refractivity contribution in [1.29, 1.82) is 0 Å². The van der Waals surface area contributed by atoms with E-state index < -0.39 is 79.3 Å². The normalized spacial score (nSPS) is 42.1. The Morgan fingerprint density at radius 2 is 1.48 bits per heavy atom. The summed E-state index contributed by atoms with van der Waals surface area (Å²) in [6.07, 6.45) is -3.12. The summed E-state index contributed by atoms with van der Waals surface area (Å²) in [7, 11) is 0. The molecule has 0 unspecified atom stereocenters. The number of hydrogen-bond donors (Lipinski definition) is 0. The monoisotopic (exact) mass is 590 g/mol. The van der Waals surface area contributed by atoms with Crippen molar-refractivity contribution in [3.8, 4) is 0 Å². The highest BCUT2D eigenvalue weighted by atomic mass is 16.9. The van der Waals surface area contributed by atoms with Gasteiger partial charge in [0.25, 0.3) is 0 Å². The van der Waals surface area contributed by atoms with E-state index >= 15 is 0 Å². The predicted molar refractivity (Wildman–Crippen MR) is 147 cm³/mol. The average Bonchev–Trinajstić information content (AvgIpc) is 3.59.